The first-order valence-corrected chi connectivity index (χ1v) is 6.22. The Hall–Kier alpha value is -0.770. The van der Waals surface area contributed by atoms with Crippen LogP contribution in [0.3, 0.4) is 0 Å². The number of nitrogen functional groups attached to an aromatic ring is 1. The minimum atomic E-state index is 0.709. The Kier molecular flexibility index (Phi) is 3.46. The molecule has 82 valence electrons. The number of aromatic nitrogens is 1. The van der Waals surface area contributed by atoms with Crippen molar-refractivity contribution in [2.24, 2.45) is 0 Å². The number of halogens is 1. The molecule has 1 aromatic heterocycles. The Morgan fingerprint density at radius 2 is 1.87 bits per heavy atom. The van der Waals surface area contributed by atoms with Crippen molar-refractivity contribution in [3.05, 3.63) is 16.7 Å². The average molecular weight is 270 g/mol. The minimum Gasteiger partial charge on any atom is -0.397 e. The third-order valence-corrected chi connectivity index (χ3v) is 3.33. The van der Waals surface area contributed by atoms with Gasteiger partial charge in [-0.3, -0.25) is 0 Å². The molecular formula is C11H16BrN3. The molecule has 0 radical (unpaired) electrons. The van der Waals surface area contributed by atoms with E-state index in [0.29, 0.717) is 5.69 Å². The van der Waals surface area contributed by atoms with Crippen LogP contribution in [0.5, 0.6) is 0 Å². The number of nitrogens with two attached hydrogens (primary N) is 1. The highest BCUT2D eigenvalue weighted by Gasteiger charge is 2.13. The third-order valence-electron chi connectivity index (χ3n) is 2.75. The van der Waals surface area contributed by atoms with Crippen LogP contribution in [0.1, 0.15) is 25.7 Å². The van der Waals surface area contributed by atoms with E-state index in [1.807, 2.05) is 6.07 Å². The molecule has 15 heavy (non-hydrogen) atoms. The van der Waals surface area contributed by atoms with E-state index in [2.05, 4.69) is 25.8 Å². The minimum absolute atomic E-state index is 0.709. The van der Waals surface area contributed by atoms with Gasteiger partial charge in [-0.05, 0) is 34.8 Å². The Morgan fingerprint density at radius 3 is 2.47 bits per heavy atom. The number of anilines is 2. The molecule has 0 unspecified atom stereocenters. The molecule has 0 aliphatic carbocycles. The highest BCUT2D eigenvalue weighted by atomic mass is 79.9. The highest BCUT2D eigenvalue weighted by Crippen LogP contribution is 2.27. The average Bonchev–Trinajstić information content (AvgIpc) is 2.46. The quantitative estimate of drug-likeness (QED) is 0.853. The van der Waals surface area contributed by atoms with E-state index in [4.69, 9.17) is 5.73 Å². The number of rotatable bonds is 1. The van der Waals surface area contributed by atoms with E-state index in [9.17, 15) is 0 Å². The summed E-state index contributed by atoms with van der Waals surface area (Å²) in [6.07, 6.45) is 6.92. The maximum absolute atomic E-state index is 5.68. The summed E-state index contributed by atoms with van der Waals surface area (Å²) in [7, 11) is 0. The van der Waals surface area contributed by atoms with E-state index >= 15 is 0 Å². The fourth-order valence-electron chi connectivity index (χ4n) is 1.96. The van der Waals surface area contributed by atoms with Gasteiger partial charge in [-0.2, -0.15) is 0 Å². The molecule has 1 saturated heterocycles. The van der Waals surface area contributed by atoms with E-state index in [1.165, 1.54) is 25.7 Å². The number of hydrogen-bond acceptors (Lipinski definition) is 3. The summed E-state index contributed by atoms with van der Waals surface area (Å²) in [5.41, 5.74) is 6.39. The molecule has 3 nitrogen and oxygen atoms in total. The molecule has 0 atom stereocenters. The second kappa shape index (κ2) is 4.84. The molecule has 0 aromatic carbocycles. The first-order chi connectivity index (χ1) is 7.27. The van der Waals surface area contributed by atoms with Gasteiger partial charge < -0.3 is 10.6 Å². The second-order valence-electron chi connectivity index (χ2n) is 3.98. The van der Waals surface area contributed by atoms with Crippen molar-refractivity contribution in [2.75, 3.05) is 23.7 Å². The van der Waals surface area contributed by atoms with E-state index in [0.717, 1.165) is 23.4 Å². The Morgan fingerprint density at radius 1 is 1.20 bits per heavy atom. The molecule has 2 heterocycles. The van der Waals surface area contributed by atoms with Crippen LogP contribution in [-0.4, -0.2) is 18.1 Å². The summed E-state index contributed by atoms with van der Waals surface area (Å²) < 4.78 is 1.00. The first-order valence-electron chi connectivity index (χ1n) is 5.43. The lowest BCUT2D eigenvalue weighted by Gasteiger charge is -2.22. The predicted molar refractivity (Wildman–Crippen MR) is 67.0 cm³/mol. The van der Waals surface area contributed by atoms with E-state index in [-0.39, 0.29) is 0 Å². The molecule has 1 aromatic rings. The molecule has 2 N–H and O–H groups in total. The van der Waals surface area contributed by atoms with Crippen molar-refractivity contribution in [3.63, 3.8) is 0 Å². The van der Waals surface area contributed by atoms with Gasteiger partial charge in [0.05, 0.1) is 16.4 Å². The van der Waals surface area contributed by atoms with Crippen LogP contribution < -0.4 is 10.6 Å². The predicted octanol–water partition coefficient (Wildman–Crippen LogP) is 2.81. The smallest absolute Gasteiger partial charge is 0.143 e. The van der Waals surface area contributed by atoms with Crippen molar-refractivity contribution >= 4 is 27.4 Å². The lowest BCUT2D eigenvalue weighted by molar-refractivity contribution is 0.726. The van der Waals surface area contributed by atoms with Crippen molar-refractivity contribution in [3.8, 4) is 0 Å². The molecule has 4 heteroatoms. The van der Waals surface area contributed by atoms with Crippen molar-refractivity contribution in [1.82, 2.24) is 4.98 Å². The highest BCUT2D eigenvalue weighted by molar-refractivity contribution is 9.10. The largest absolute Gasteiger partial charge is 0.397 e. The van der Waals surface area contributed by atoms with Crippen molar-refractivity contribution in [2.45, 2.75) is 25.7 Å². The Bertz CT molecular complexity index is 333. The molecule has 2 rings (SSSR count). The van der Waals surface area contributed by atoms with E-state index in [1.54, 1.807) is 6.20 Å². The van der Waals surface area contributed by atoms with Gasteiger partial charge in [-0.1, -0.05) is 12.8 Å². The van der Waals surface area contributed by atoms with Crippen LogP contribution in [0.2, 0.25) is 0 Å². The lowest BCUT2D eigenvalue weighted by atomic mass is 10.2. The zero-order valence-electron chi connectivity index (χ0n) is 8.75. The van der Waals surface area contributed by atoms with Gasteiger partial charge >= 0.3 is 0 Å². The maximum Gasteiger partial charge on any atom is 0.143 e. The molecular weight excluding hydrogens is 254 g/mol. The molecule has 1 aliphatic rings. The molecule has 0 saturated carbocycles. The zero-order valence-corrected chi connectivity index (χ0v) is 10.3. The van der Waals surface area contributed by atoms with Gasteiger partial charge in [-0.25, -0.2) is 4.98 Å². The summed E-state index contributed by atoms with van der Waals surface area (Å²) in [4.78, 5) is 6.74. The number of hydrogen-bond donors (Lipinski definition) is 1. The Labute approximate surface area is 98.8 Å². The summed E-state index contributed by atoms with van der Waals surface area (Å²) in [6.45, 7) is 2.21. The lowest BCUT2D eigenvalue weighted by Crippen LogP contribution is -2.25. The van der Waals surface area contributed by atoms with Gasteiger partial charge in [0.2, 0.25) is 0 Å². The van der Waals surface area contributed by atoms with Crippen LogP contribution in [0.15, 0.2) is 16.7 Å². The van der Waals surface area contributed by atoms with Gasteiger partial charge in [0.25, 0.3) is 0 Å². The molecule has 0 bridgehead atoms. The summed E-state index contributed by atoms with van der Waals surface area (Å²) in [5.74, 6) is 1.03. The number of pyridine rings is 1. The molecule has 1 fully saturated rings. The van der Waals surface area contributed by atoms with E-state index < -0.39 is 0 Å². The maximum atomic E-state index is 5.68. The van der Waals surface area contributed by atoms with Crippen LogP contribution in [0, 0.1) is 0 Å². The second-order valence-corrected chi connectivity index (χ2v) is 4.83. The van der Waals surface area contributed by atoms with Crippen molar-refractivity contribution in [1.29, 1.82) is 0 Å². The molecule has 1 aliphatic heterocycles. The number of nitrogens with zero attached hydrogens (tertiary/aromatic N) is 2. The van der Waals surface area contributed by atoms with Crippen LogP contribution in [-0.2, 0) is 0 Å². The van der Waals surface area contributed by atoms with Gasteiger partial charge in [0.15, 0.2) is 0 Å². The monoisotopic (exact) mass is 269 g/mol. The van der Waals surface area contributed by atoms with Gasteiger partial charge in [0, 0.05) is 13.1 Å². The van der Waals surface area contributed by atoms with Crippen LogP contribution >= 0.6 is 15.9 Å². The van der Waals surface area contributed by atoms with Gasteiger partial charge in [0.1, 0.15) is 5.82 Å². The summed E-state index contributed by atoms with van der Waals surface area (Å²) >= 11 is 3.52. The normalized spacial score (nSPS) is 17.5. The first kappa shape index (κ1) is 10.7. The zero-order chi connectivity index (χ0) is 10.7. The third kappa shape index (κ3) is 2.62. The van der Waals surface area contributed by atoms with Crippen LogP contribution in [0.4, 0.5) is 11.5 Å². The standard InChI is InChI=1S/C11H16BrN3/c12-10-7-9(13)8-14-11(10)15-5-3-1-2-4-6-15/h7-8H,1-6,13H2. The Balaban J connectivity index is 2.19. The molecule has 0 amide bonds. The molecule has 0 spiro atoms. The SMILES string of the molecule is Nc1cnc(N2CCCCCC2)c(Br)c1. The fourth-order valence-corrected chi connectivity index (χ4v) is 2.58. The summed E-state index contributed by atoms with van der Waals surface area (Å²) in [5, 5.41) is 0. The summed E-state index contributed by atoms with van der Waals surface area (Å²) in [6, 6.07) is 1.92. The van der Waals surface area contributed by atoms with Crippen LogP contribution in [0.25, 0.3) is 0 Å². The topological polar surface area (TPSA) is 42.1 Å². The van der Waals surface area contributed by atoms with Crippen molar-refractivity contribution < 1.29 is 0 Å². The fraction of sp³-hybridized carbons (Fsp3) is 0.545. The van der Waals surface area contributed by atoms with Gasteiger partial charge in [-0.15, -0.1) is 0 Å².